The lowest BCUT2D eigenvalue weighted by Crippen LogP contribution is -2.33. The predicted molar refractivity (Wildman–Crippen MR) is 193 cm³/mol. The summed E-state index contributed by atoms with van der Waals surface area (Å²) in [4.78, 5) is 19.0. The normalized spacial score (nSPS) is 16.5. The molecule has 0 saturated carbocycles. The largest absolute Gasteiger partial charge is 0.508 e. The van der Waals surface area contributed by atoms with Crippen LogP contribution >= 0.6 is 0 Å². The Kier molecular flexibility index (Phi) is 11.8. The maximum Gasteiger partial charge on any atom is 0.232 e. The molecule has 4 aromatic carbocycles. The van der Waals surface area contributed by atoms with Crippen LogP contribution in [-0.4, -0.2) is 58.6 Å². The van der Waals surface area contributed by atoms with Crippen LogP contribution in [0.3, 0.4) is 0 Å². The predicted octanol–water partition coefficient (Wildman–Crippen LogP) is 7.93. The second-order valence-corrected chi connectivity index (χ2v) is 13.7. The van der Waals surface area contributed by atoms with E-state index in [9.17, 15) is 15.0 Å². The van der Waals surface area contributed by atoms with Crippen molar-refractivity contribution in [2.45, 2.75) is 76.3 Å². The summed E-state index contributed by atoms with van der Waals surface area (Å²) in [6, 6.07) is 31.8. The molecule has 6 heteroatoms. The van der Waals surface area contributed by atoms with Gasteiger partial charge in [-0.05, 0) is 86.2 Å². The van der Waals surface area contributed by atoms with Gasteiger partial charge in [0.25, 0.3) is 0 Å². The number of nitrogens with zero attached hydrogens (tertiary/aromatic N) is 2. The molecule has 2 aliphatic heterocycles. The van der Waals surface area contributed by atoms with Gasteiger partial charge in [-0.1, -0.05) is 111 Å². The van der Waals surface area contributed by atoms with Crippen molar-refractivity contribution in [2.24, 2.45) is 0 Å². The molecule has 0 spiro atoms. The molecule has 0 bridgehead atoms. The summed E-state index contributed by atoms with van der Waals surface area (Å²) in [5.74, 6) is -0.0411. The van der Waals surface area contributed by atoms with Crippen LogP contribution in [0.4, 0.5) is 0 Å². The number of carbonyl (C=O) groups excluding carboxylic acids is 1. The Morgan fingerprint density at radius 3 is 1.40 bits per heavy atom. The van der Waals surface area contributed by atoms with Gasteiger partial charge in [0.2, 0.25) is 5.91 Å². The van der Waals surface area contributed by atoms with E-state index in [2.05, 4.69) is 27.2 Å². The lowest BCUT2D eigenvalue weighted by atomic mass is 9.87. The molecule has 252 valence electrons. The first-order valence-corrected chi connectivity index (χ1v) is 18.0. The Labute approximate surface area is 286 Å². The maximum atomic E-state index is 14.1. The molecule has 0 radical (unpaired) electrons. The lowest BCUT2D eigenvalue weighted by Gasteiger charge is -2.25. The Morgan fingerprint density at radius 2 is 0.979 bits per heavy atom. The third kappa shape index (κ3) is 8.86. The van der Waals surface area contributed by atoms with Crippen molar-refractivity contribution < 1.29 is 15.0 Å². The highest BCUT2D eigenvalue weighted by atomic mass is 16.3. The van der Waals surface area contributed by atoms with Crippen LogP contribution in [0.2, 0.25) is 0 Å². The third-order valence-electron chi connectivity index (χ3n) is 10.2. The first-order valence-electron chi connectivity index (χ1n) is 18.0. The summed E-state index contributed by atoms with van der Waals surface area (Å²) in [7, 11) is 0. The van der Waals surface area contributed by atoms with E-state index in [-0.39, 0.29) is 11.8 Å². The van der Waals surface area contributed by atoms with Gasteiger partial charge in [-0.3, -0.25) is 14.6 Å². The number of aromatic hydroxyl groups is 2. The highest BCUT2D eigenvalue weighted by Gasteiger charge is 2.25. The SMILES string of the molecule is O=C(NCC(c1ccc(O)c(CN2CCCCCC2)c1)c1ccc(O)c(CN2CCCCCC2)c1)C(c1ccccc1)c1ccccc1. The van der Waals surface area contributed by atoms with E-state index in [1.54, 1.807) is 0 Å². The first-order chi connectivity index (χ1) is 23.5. The van der Waals surface area contributed by atoms with E-state index >= 15 is 0 Å². The molecule has 4 aromatic rings. The van der Waals surface area contributed by atoms with Crippen molar-refractivity contribution in [2.75, 3.05) is 32.7 Å². The summed E-state index contributed by atoms with van der Waals surface area (Å²) in [6.45, 7) is 5.97. The zero-order chi connectivity index (χ0) is 33.1. The number of amides is 1. The number of hydrogen-bond donors (Lipinski definition) is 3. The van der Waals surface area contributed by atoms with E-state index in [1.165, 1.54) is 51.4 Å². The smallest absolute Gasteiger partial charge is 0.232 e. The van der Waals surface area contributed by atoms with E-state index in [4.69, 9.17) is 0 Å². The highest BCUT2D eigenvalue weighted by Crippen LogP contribution is 2.33. The van der Waals surface area contributed by atoms with Gasteiger partial charge in [0.15, 0.2) is 0 Å². The molecule has 2 fully saturated rings. The van der Waals surface area contributed by atoms with Gasteiger partial charge in [0, 0.05) is 36.7 Å². The van der Waals surface area contributed by atoms with Crippen molar-refractivity contribution in [3.05, 3.63) is 130 Å². The van der Waals surface area contributed by atoms with Gasteiger partial charge in [-0.2, -0.15) is 0 Å². The van der Waals surface area contributed by atoms with E-state index in [0.717, 1.165) is 59.6 Å². The molecule has 0 aromatic heterocycles. The fourth-order valence-corrected chi connectivity index (χ4v) is 7.49. The number of carbonyl (C=O) groups is 1. The zero-order valence-corrected chi connectivity index (χ0v) is 28.2. The fraction of sp³-hybridized carbons (Fsp3) is 0.405. The first kappa shape index (κ1) is 33.8. The number of hydrogen-bond acceptors (Lipinski definition) is 5. The van der Waals surface area contributed by atoms with E-state index < -0.39 is 5.92 Å². The number of benzene rings is 4. The van der Waals surface area contributed by atoms with Crippen LogP contribution in [0.1, 0.15) is 96.6 Å². The van der Waals surface area contributed by atoms with Crippen LogP contribution in [0.15, 0.2) is 97.1 Å². The number of rotatable bonds is 11. The van der Waals surface area contributed by atoms with Crippen LogP contribution in [0, 0.1) is 0 Å². The molecular weight excluding hydrogens is 594 g/mol. The molecule has 6 nitrogen and oxygen atoms in total. The minimum absolute atomic E-state index is 0.0514. The van der Waals surface area contributed by atoms with Gasteiger partial charge in [0.1, 0.15) is 11.5 Å². The van der Waals surface area contributed by atoms with Gasteiger partial charge in [-0.25, -0.2) is 0 Å². The minimum atomic E-state index is -0.440. The lowest BCUT2D eigenvalue weighted by molar-refractivity contribution is -0.121. The van der Waals surface area contributed by atoms with Crippen molar-refractivity contribution in [3.63, 3.8) is 0 Å². The quantitative estimate of drug-likeness (QED) is 0.155. The third-order valence-corrected chi connectivity index (χ3v) is 10.2. The molecule has 0 unspecified atom stereocenters. The Bertz CT molecular complexity index is 1480. The van der Waals surface area contributed by atoms with Crippen LogP contribution in [0.5, 0.6) is 11.5 Å². The molecule has 3 N–H and O–H groups in total. The molecule has 6 rings (SSSR count). The molecule has 1 amide bonds. The maximum absolute atomic E-state index is 14.1. The monoisotopic (exact) mass is 645 g/mol. The summed E-state index contributed by atoms with van der Waals surface area (Å²) >= 11 is 0. The summed E-state index contributed by atoms with van der Waals surface area (Å²) < 4.78 is 0. The summed E-state index contributed by atoms with van der Waals surface area (Å²) in [5, 5.41) is 25.3. The van der Waals surface area contributed by atoms with E-state index in [0.29, 0.717) is 31.1 Å². The Balaban J connectivity index is 1.31. The average Bonchev–Trinajstić information content (AvgIpc) is 3.54. The number of phenolic OH excluding ortho intramolecular Hbond substituents is 2. The van der Waals surface area contributed by atoms with Crippen molar-refractivity contribution in [3.8, 4) is 11.5 Å². The molecule has 2 saturated heterocycles. The van der Waals surface area contributed by atoms with Crippen molar-refractivity contribution >= 4 is 5.91 Å². The number of phenols is 2. The number of likely N-dealkylation sites (tertiary alicyclic amines) is 2. The van der Waals surface area contributed by atoms with Gasteiger partial charge in [0.05, 0.1) is 5.92 Å². The van der Waals surface area contributed by atoms with Gasteiger partial charge >= 0.3 is 0 Å². The molecule has 48 heavy (non-hydrogen) atoms. The zero-order valence-electron chi connectivity index (χ0n) is 28.2. The Hall–Kier alpha value is -4.13. The number of nitrogens with one attached hydrogen (secondary N) is 1. The van der Waals surface area contributed by atoms with Crippen LogP contribution in [-0.2, 0) is 17.9 Å². The van der Waals surface area contributed by atoms with Crippen LogP contribution in [0.25, 0.3) is 0 Å². The van der Waals surface area contributed by atoms with Crippen molar-refractivity contribution in [1.82, 2.24) is 15.1 Å². The standard InChI is InChI=1S/C42H51N3O3/c46-39-21-19-34(27-36(39)30-44-23-11-1-2-12-24-44)38(35-20-22-40(47)37(28-35)31-45-25-13-3-4-14-26-45)29-43-42(48)41(32-15-7-5-8-16-32)33-17-9-6-10-18-33/h5-10,15-22,27-28,38,41,46-47H,1-4,11-14,23-26,29-31H2,(H,43,48). The second-order valence-electron chi connectivity index (χ2n) is 13.7. The second kappa shape index (κ2) is 16.8. The Morgan fingerprint density at radius 1 is 0.562 bits per heavy atom. The molecular formula is C42H51N3O3. The summed E-state index contributed by atoms with van der Waals surface area (Å²) in [6.07, 6.45) is 9.79. The van der Waals surface area contributed by atoms with Gasteiger partial charge in [-0.15, -0.1) is 0 Å². The van der Waals surface area contributed by atoms with Crippen LogP contribution < -0.4 is 5.32 Å². The fourth-order valence-electron chi connectivity index (χ4n) is 7.49. The average molecular weight is 646 g/mol. The molecule has 2 heterocycles. The topological polar surface area (TPSA) is 76.0 Å². The summed E-state index contributed by atoms with van der Waals surface area (Å²) in [5.41, 5.74) is 5.82. The molecule has 0 atom stereocenters. The minimum Gasteiger partial charge on any atom is -0.508 e. The van der Waals surface area contributed by atoms with Gasteiger partial charge < -0.3 is 15.5 Å². The van der Waals surface area contributed by atoms with Crippen molar-refractivity contribution in [1.29, 1.82) is 0 Å². The highest BCUT2D eigenvalue weighted by molar-refractivity contribution is 5.87. The van der Waals surface area contributed by atoms with E-state index in [1.807, 2.05) is 84.9 Å². The molecule has 2 aliphatic rings. The molecule has 0 aliphatic carbocycles.